The molecule has 2 aliphatic rings. The molecule has 6 heteroatoms. The summed E-state index contributed by atoms with van der Waals surface area (Å²) in [5, 5.41) is 11.6. The van der Waals surface area contributed by atoms with Gasteiger partial charge in [0.25, 0.3) is 5.89 Å². The van der Waals surface area contributed by atoms with Crippen LogP contribution in [-0.4, -0.2) is 41.3 Å². The molecule has 19 heavy (non-hydrogen) atoms. The number of furan rings is 1. The molecule has 0 spiro atoms. The molecule has 0 amide bonds. The Hall–Kier alpha value is -1.66. The summed E-state index contributed by atoms with van der Waals surface area (Å²) >= 11 is 0. The molecule has 2 fully saturated rings. The minimum absolute atomic E-state index is 0.459. The van der Waals surface area contributed by atoms with Crippen LogP contribution in [0.4, 0.5) is 0 Å². The molecule has 2 aromatic rings. The second kappa shape index (κ2) is 4.47. The van der Waals surface area contributed by atoms with E-state index in [1.807, 2.05) is 12.1 Å². The first-order valence-electron chi connectivity index (χ1n) is 6.68. The number of aromatic nitrogens is 2. The van der Waals surface area contributed by atoms with Gasteiger partial charge in [-0.1, -0.05) is 0 Å². The lowest BCUT2D eigenvalue weighted by Gasteiger charge is -2.13. The highest BCUT2D eigenvalue weighted by molar-refractivity contribution is 5.42. The molecule has 4 heterocycles. The van der Waals surface area contributed by atoms with E-state index in [0.717, 1.165) is 44.6 Å². The minimum atomic E-state index is 0.459. The van der Waals surface area contributed by atoms with Crippen LogP contribution in [0.2, 0.25) is 0 Å². The van der Waals surface area contributed by atoms with Crippen molar-refractivity contribution in [1.82, 2.24) is 20.4 Å². The molecule has 2 aliphatic heterocycles. The van der Waals surface area contributed by atoms with Crippen molar-refractivity contribution in [3.63, 3.8) is 0 Å². The van der Waals surface area contributed by atoms with Crippen molar-refractivity contribution in [3.8, 4) is 11.7 Å². The Morgan fingerprint density at radius 1 is 1.26 bits per heavy atom. The summed E-state index contributed by atoms with van der Waals surface area (Å²) in [6, 6.07) is 3.64. The average molecular weight is 260 g/mol. The van der Waals surface area contributed by atoms with Gasteiger partial charge < -0.3 is 14.2 Å². The first-order valence-corrected chi connectivity index (χ1v) is 6.68. The van der Waals surface area contributed by atoms with Crippen LogP contribution in [0, 0.1) is 11.8 Å². The number of fused-ring (bicyclic) bond motifs is 1. The van der Waals surface area contributed by atoms with Crippen molar-refractivity contribution < 1.29 is 8.83 Å². The number of hydrogen-bond acceptors (Lipinski definition) is 6. The van der Waals surface area contributed by atoms with Crippen LogP contribution in [0.1, 0.15) is 5.89 Å². The average Bonchev–Trinajstić information content (AvgIpc) is 3.12. The molecule has 1 N–H and O–H groups in total. The first-order chi connectivity index (χ1) is 9.38. The number of likely N-dealkylation sites (tertiary alicyclic amines) is 1. The predicted octanol–water partition coefficient (Wildman–Crippen LogP) is 0.981. The summed E-state index contributed by atoms with van der Waals surface area (Å²) in [6.07, 6.45) is 1.61. The fraction of sp³-hybridized carbons (Fsp3) is 0.538. The lowest BCUT2D eigenvalue weighted by atomic mass is 10.0. The van der Waals surface area contributed by atoms with E-state index in [1.54, 1.807) is 6.26 Å². The Morgan fingerprint density at radius 3 is 2.84 bits per heavy atom. The summed E-state index contributed by atoms with van der Waals surface area (Å²) in [5.74, 6) is 3.32. The molecule has 4 rings (SSSR count). The van der Waals surface area contributed by atoms with Gasteiger partial charge in [-0.25, -0.2) is 0 Å². The van der Waals surface area contributed by atoms with Crippen LogP contribution in [0.5, 0.6) is 0 Å². The van der Waals surface area contributed by atoms with Crippen molar-refractivity contribution in [3.05, 3.63) is 24.3 Å². The topological polar surface area (TPSA) is 67.3 Å². The van der Waals surface area contributed by atoms with Gasteiger partial charge in [0.15, 0.2) is 5.76 Å². The quantitative estimate of drug-likeness (QED) is 0.887. The molecule has 6 nitrogen and oxygen atoms in total. The summed E-state index contributed by atoms with van der Waals surface area (Å²) in [5.41, 5.74) is 0. The first kappa shape index (κ1) is 11.2. The van der Waals surface area contributed by atoms with Crippen molar-refractivity contribution in [1.29, 1.82) is 0 Å². The van der Waals surface area contributed by atoms with Gasteiger partial charge in [0, 0.05) is 13.1 Å². The fourth-order valence-electron chi connectivity index (χ4n) is 3.09. The number of nitrogens with one attached hydrogen (secondary N) is 1. The Kier molecular flexibility index (Phi) is 2.63. The number of nitrogens with zero attached hydrogens (tertiary/aromatic N) is 3. The smallest absolute Gasteiger partial charge is 0.283 e. The third kappa shape index (κ3) is 2.06. The van der Waals surface area contributed by atoms with Crippen LogP contribution in [0.15, 0.2) is 27.2 Å². The largest absolute Gasteiger partial charge is 0.459 e. The molecule has 100 valence electrons. The van der Waals surface area contributed by atoms with Gasteiger partial charge in [0.1, 0.15) is 0 Å². The highest BCUT2D eigenvalue weighted by Gasteiger charge is 2.36. The van der Waals surface area contributed by atoms with Gasteiger partial charge in [-0.3, -0.25) is 4.90 Å². The SMILES string of the molecule is c1coc(-c2nnc(CN3C[C@H]4CNC[C@H]4C3)o2)c1. The van der Waals surface area contributed by atoms with E-state index in [0.29, 0.717) is 17.5 Å². The van der Waals surface area contributed by atoms with Crippen molar-refractivity contribution >= 4 is 0 Å². The maximum absolute atomic E-state index is 5.64. The second-order valence-corrected chi connectivity index (χ2v) is 5.35. The zero-order valence-electron chi connectivity index (χ0n) is 10.6. The van der Waals surface area contributed by atoms with Gasteiger partial charge in [0.05, 0.1) is 12.8 Å². The van der Waals surface area contributed by atoms with Crippen molar-refractivity contribution in [2.75, 3.05) is 26.2 Å². The monoisotopic (exact) mass is 260 g/mol. The van der Waals surface area contributed by atoms with Gasteiger partial charge in [-0.2, -0.15) is 0 Å². The van der Waals surface area contributed by atoms with E-state index in [4.69, 9.17) is 8.83 Å². The summed E-state index contributed by atoms with van der Waals surface area (Å²) < 4.78 is 10.9. The number of hydrogen-bond donors (Lipinski definition) is 1. The zero-order valence-corrected chi connectivity index (χ0v) is 10.6. The van der Waals surface area contributed by atoms with E-state index < -0.39 is 0 Å². The summed E-state index contributed by atoms with van der Waals surface area (Å²) in [6.45, 7) is 5.26. The molecular weight excluding hydrogens is 244 g/mol. The Labute approximate surface area is 110 Å². The molecule has 0 aliphatic carbocycles. The number of rotatable bonds is 3. The second-order valence-electron chi connectivity index (χ2n) is 5.35. The normalized spacial score (nSPS) is 26.9. The Morgan fingerprint density at radius 2 is 2.11 bits per heavy atom. The van der Waals surface area contributed by atoms with E-state index >= 15 is 0 Å². The predicted molar refractivity (Wildman–Crippen MR) is 67.1 cm³/mol. The lowest BCUT2D eigenvalue weighted by Crippen LogP contribution is -2.25. The van der Waals surface area contributed by atoms with Gasteiger partial charge in [-0.05, 0) is 37.1 Å². The van der Waals surface area contributed by atoms with E-state index in [1.165, 1.54) is 0 Å². The van der Waals surface area contributed by atoms with E-state index in [-0.39, 0.29) is 0 Å². The van der Waals surface area contributed by atoms with Crippen LogP contribution in [0.3, 0.4) is 0 Å². The van der Waals surface area contributed by atoms with Crippen LogP contribution in [-0.2, 0) is 6.54 Å². The lowest BCUT2D eigenvalue weighted by molar-refractivity contribution is 0.272. The van der Waals surface area contributed by atoms with Crippen molar-refractivity contribution in [2.24, 2.45) is 11.8 Å². The highest BCUT2D eigenvalue weighted by Crippen LogP contribution is 2.27. The molecular formula is C13H16N4O2. The molecule has 0 aromatic carbocycles. The molecule has 0 radical (unpaired) electrons. The summed E-state index contributed by atoms with van der Waals surface area (Å²) in [4.78, 5) is 2.40. The van der Waals surface area contributed by atoms with Crippen LogP contribution < -0.4 is 5.32 Å². The third-order valence-electron chi connectivity index (χ3n) is 4.02. The molecule has 2 atom stereocenters. The highest BCUT2D eigenvalue weighted by atomic mass is 16.4. The van der Waals surface area contributed by atoms with Crippen LogP contribution >= 0.6 is 0 Å². The molecule has 2 aromatic heterocycles. The standard InChI is InChI=1S/C13H16N4O2/c1-2-11(18-3-1)13-16-15-12(19-13)8-17-6-9-4-14-5-10(9)7-17/h1-3,9-10,14H,4-8H2/t9-,10+. The fourth-order valence-corrected chi connectivity index (χ4v) is 3.09. The maximum atomic E-state index is 5.64. The van der Waals surface area contributed by atoms with Gasteiger partial charge in [0.2, 0.25) is 5.89 Å². The molecule has 0 unspecified atom stereocenters. The molecule has 0 bridgehead atoms. The van der Waals surface area contributed by atoms with E-state index in [9.17, 15) is 0 Å². The summed E-state index contributed by atoms with van der Waals surface area (Å²) in [7, 11) is 0. The van der Waals surface area contributed by atoms with Gasteiger partial charge >= 0.3 is 0 Å². The minimum Gasteiger partial charge on any atom is -0.459 e. The van der Waals surface area contributed by atoms with Crippen LogP contribution in [0.25, 0.3) is 11.7 Å². The Balaban J connectivity index is 1.44. The van der Waals surface area contributed by atoms with Gasteiger partial charge in [-0.15, -0.1) is 10.2 Å². The Bertz CT molecular complexity index is 539. The third-order valence-corrected chi connectivity index (χ3v) is 4.02. The van der Waals surface area contributed by atoms with E-state index in [2.05, 4.69) is 20.4 Å². The maximum Gasteiger partial charge on any atom is 0.283 e. The molecule has 2 saturated heterocycles. The zero-order chi connectivity index (χ0) is 12.7. The van der Waals surface area contributed by atoms with Crippen molar-refractivity contribution in [2.45, 2.75) is 6.54 Å². The molecule has 0 saturated carbocycles.